The minimum absolute atomic E-state index is 0.130. The second-order valence-electron chi connectivity index (χ2n) is 5.10. The lowest BCUT2D eigenvalue weighted by atomic mass is 10.2. The van der Waals surface area contributed by atoms with Crippen LogP contribution >= 0.6 is 12.2 Å². The Balaban J connectivity index is 1.75. The minimum Gasteiger partial charge on any atom is -0.318 e. The number of fused-ring (bicyclic) bond motifs is 1. The first-order valence-corrected chi connectivity index (χ1v) is 7.42. The third kappa shape index (κ3) is 3.04. The van der Waals surface area contributed by atoms with Crippen LogP contribution in [0.25, 0.3) is 0 Å². The van der Waals surface area contributed by atoms with Gasteiger partial charge in [0.25, 0.3) is 11.6 Å². The smallest absolute Gasteiger partial charge is 0.270 e. The minimum atomic E-state index is -0.536. The van der Waals surface area contributed by atoms with Gasteiger partial charge in [-0.05, 0) is 36.3 Å². The molecule has 2 aromatic rings. The molecule has 1 N–H and O–H groups in total. The van der Waals surface area contributed by atoms with Gasteiger partial charge in [0.2, 0.25) is 0 Å². The second-order valence-corrected chi connectivity index (χ2v) is 5.48. The van der Waals surface area contributed by atoms with Gasteiger partial charge < -0.3 is 4.90 Å². The van der Waals surface area contributed by atoms with E-state index in [0.29, 0.717) is 11.7 Å². The van der Waals surface area contributed by atoms with Gasteiger partial charge in [0.15, 0.2) is 5.11 Å². The number of para-hydroxylation sites is 1. The predicted octanol–water partition coefficient (Wildman–Crippen LogP) is 2.67. The molecule has 1 aliphatic rings. The highest BCUT2D eigenvalue weighted by atomic mass is 32.1. The predicted molar refractivity (Wildman–Crippen MR) is 90.7 cm³/mol. The maximum absolute atomic E-state index is 12.3. The van der Waals surface area contributed by atoms with Crippen LogP contribution in [0.4, 0.5) is 11.4 Å². The van der Waals surface area contributed by atoms with Crippen molar-refractivity contribution in [1.82, 2.24) is 5.32 Å². The molecule has 1 amide bonds. The third-order valence-electron chi connectivity index (χ3n) is 3.67. The summed E-state index contributed by atoms with van der Waals surface area (Å²) in [5, 5.41) is 13.7. The van der Waals surface area contributed by atoms with Crippen LogP contribution in [0.1, 0.15) is 15.9 Å². The van der Waals surface area contributed by atoms with Crippen molar-refractivity contribution in [3.63, 3.8) is 0 Å². The number of anilines is 1. The first kappa shape index (κ1) is 15.1. The van der Waals surface area contributed by atoms with E-state index in [9.17, 15) is 14.9 Å². The summed E-state index contributed by atoms with van der Waals surface area (Å²) >= 11 is 5.31. The van der Waals surface area contributed by atoms with E-state index in [4.69, 9.17) is 12.2 Å². The van der Waals surface area contributed by atoms with Crippen LogP contribution in [-0.4, -0.2) is 22.5 Å². The van der Waals surface area contributed by atoms with Gasteiger partial charge in [0.05, 0.1) is 4.92 Å². The summed E-state index contributed by atoms with van der Waals surface area (Å²) in [7, 11) is 0. The van der Waals surface area contributed by atoms with Gasteiger partial charge in [-0.15, -0.1) is 0 Å². The van der Waals surface area contributed by atoms with Gasteiger partial charge in [-0.1, -0.05) is 24.3 Å². The summed E-state index contributed by atoms with van der Waals surface area (Å²) < 4.78 is 0. The molecule has 0 aliphatic carbocycles. The number of rotatable bonds is 2. The van der Waals surface area contributed by atoms with Gasteiger partial charge in [-0.2, -0.15) is 0 Å². The molecule has 2 aromatic carbocycles. The van der Waals surface area contributed by atoms with Crippen LogP contribution < -0.4 is 10.2 Å². The summed E-state index contributed by atoms with van der Waals surface area (Å²) in [6, 6.07) is 13.4. The zero-order chi connectivity index (χ0) is 16.4. The van der Waals surface area contributed by atoms with Crippen molar-refractivity contribution in [3.05, 3.63) is 69.8 Å². The Kier molecular flexibility index (Phi) is 4.03. The normalized spacial score (nSPS) is 12.6. The number of nitrogens with zero attached hydrogens (tertiary/aromatic N) is 2. The molecule has 3 rings (SSSR count). The van der Waals surface area contributed by atoms with E-state index >= 15 is 0 Å². The number of nitro benzene ring substituents is 1. The molecule has 1 aliphatic heterocycles. The molecule has 23 heavy (non-hydrogen) atoms. The van der Waals surface area contributed by atoms with Crippen molar-refractivity contribution >= 4 is 34.6 Å². The average molecular weight is 327 g/mol. The Morgan fingerprint density at radius 3 is 2.78 bits per heavy atom. The molecule has 1 heterocycles. The van der Waals surface area contributed by atoms with E-state index in [1.807, 2.05) is 29.2 Å². The van der Waals surface area contributed by atoms with Crippen LogP contribution in [0.15, 0.2) is 48.5 Å². The zero-order valence-corrected chi connectivity index (χ0v) is 12.9. The van der Waals surface area contributed by atoms with Crippen molar-refractivity contribution in [3.8, 4) is 0 Å². The number of hydrogen-bond acceptors (Lipinski definition) is 4. The lowest BCUT2D eigenvalue weighted by Crippen LogP contribution is -2.41. The highest BCUT2D eigenvalue weighted by Crippen LogP contribution is 2.27. The zero-order valence-electron chi connectivity index (χ0n) is 12.1. The molecule has 116 valence electrons. The Hall–Kier alpha value is -2.80. The lowest BCUT2D eigenvalue weighted by Gasteiger charge is -2.20. The number of nitrogens with one attached hydrogen (secondary N) is 1. The molecule has 0 atom stereocenters. The Morgan fingerprint density at radius 1 is 1.22 bits per heavy atom. The lowest BCUT2D eigenvalue weighted by molar-refractivity contribution is -0.384. The Morgan fingerprint density at radius 2 is 2.00 bits per heavy atom. The molecule has 7 heteroatoms. The second kappa shape index (κ2) is 6.13. The molecule has 0 spiro atoms. The van der Waals surface area contributed by atoms with E-state index < -0.39 is 10.8 Å². The van der Waals surface area contributed by atoms with Gasteiger partial charge in [-0.25, -0.2) is 0 Å². The number of carbonyl (C=O) groups is 1. The highest BCUT2D eigenvalue weighted by Gasteiger charge is 2.23. The average Bonchev–Trinajstić information content (AvgIpc) is 2.99. The van der Waals surface area contributed by atoms with Crippen LogP contribution in [-0.2, 0) is 6.42 Å². The number of nitro groups is 1. The molecule has 0 saturated heterocycles. The van der Waals surface area contributed by atoms with Crippen molar-refractivity contribution < 1.29 is 9.72 Å². The molecular weight excluding hydrogens is 314 g/mol. The maximum atomic E-state index is 12.3. The molecule has 0 saturated carbocycles. The fourth-order valence-electron chi connectivity index (χ4n) is 2.55. The van der Waals surface area contributed by atoms with Gasteiger partial charge in [0, 0.05) is 29.9 Å². The molecule has 0 fully saturated rings. The van der Waals surface area contributed by atoms with E-state index in [-0.39, 0.29) is 11.3 Å². The number of amides is 1. The summed E-state index contributed by atoms with van der Waals surface area (Å²) in [4.78, 5) is 24.4. The van der Waals surface area contributed by atoms with Gasteiger partial charge in [-0.3, -0.25) is 20.2 Å². The number of non-ortho nitro benzene ring substituents is 1. The number of thiocarbonyl (C=S) groups is 1. The molecule has 0 bridgehead atoms. The monoisotopic (exact) mass is 327 g/mol. The fourth-order valence-corrected chi connectivity index (χ4v) is 2.83. The highest BCUT2D eigenvalue weighted by molar-refractivity contribution is 7.80. The Bertz CT molecular complexity index is 807. The summed E-state index contributed by atoms with van der Waals surface area (Å²) in [6.07, 6.45) is 0.864. The molecule has 0 radical (unpaired) electrons. The van der Waals surface area contributed by atoms with Gasteiger partial charge in [0.1, 0.15) is 0 Å². The number of hydrogen-bond donors (Lipinski definition) is 1. The van der Waals surface area contributed by atoms with Crippen molar-refractivity contribution in [1.29, 1.82) is 0 Å². The van der Waals surface area contributed by atoms with Crippen LogP contribution in [0.5, 0.6) is 0 Å². The van der Waals surface area contributed by atoms with E-state index in [0.717, 1.165) is 12.1 Å². The molecular formula is C16H13N3O3S. The van der Waals surface area contributed by atoms with Crippen molar-refractivity contribution in [2.24, 2.45) is 0 Å². The van der Waals surface area contributed by atoms with E-state index in [1.165, 1.54) is 29.8 Å². The SMILES string of the molecule is O=C(NC(=S)N1CCc2ccccc21)c1cccc([N+](=O)[O-])c1. The first-order chi connectivity index (χ1) is 11.1. The largest absolute Gasteiger partial charge is 0.318 e. The summed E-state index contributed by atoms with van der Waals surface area (Å²) in [5.74, 6) is -0.455. The Labute approximate surface area is 137 Å². The quantitative estimate of drug-likeness (QED) is 0.521. The van der Waals surface area contributed by atoms with E-state index in [2.05, 4.69) is 5.32 Å². The van der Waals surface area contributed by atoms with E-state index in [1.54, 1.807) is 0 Å². The summed E-state index contributed by atoms with van der Waals surface area (Å²) in [6.45, 7) is 0.702. The fraction of sp³-hybridized carbons (Fsp3) is 0.125. The summed E-state index contributed by atoms with van der Waals surface area (Å²) in [5.41, 5.74) is 2.24. The molecule has 6 nitrogen and oxygen atoms in total. The molecule has 0 aromatic heterocycles. The first-order valence-electron chi connectivity index (χ1n) is 7.01. The van der Waals surface area contributed by atoms with Crippen molar-refractivity contribution in [2.75, 3.05) is 11.4 Å². The van der Waals surface area contributed by atoms with Crippen LogP contribution in [0, 0.1) is 10.1 Å². The van der Waals surface area contributed by atoms with Crippen LogP contribution in [0.3, 0.4) is 0 Å². The third-order valence-corrected chi connectivity index (χ3v) is 3.99. The van der Waals surface area contributed by atoms with Crippen LogP contribution in [0.2, 0.25) is 0 Å². The topological polar surface area (TPSA) is 75.5 Å². The maximum Gasteiger partial charge on any atom is 0.270 e. The van der Waals surface area contributed by atoms with Gasteiger partial charge >= 0.3 is 0 Å². The number of benzene rings is 2. The molecule has 0 unspecified atom stereocenters. The standard InChI is InChI=1S/C16H13N3O3S/c20-15(12-5-3-6-13(10-12)19(21)22)17-16(23)18-9-8-11-4-1-2-7-14(11)18/h1-7,10H,8-9H2,(H,17,20,23). The number of carbonyl (C=O) groups excluding carboxylic acids is 1. The van der Waals surface area contributed by atoms with Crippen molar-refractivity contribution in [2.45, 2.75) is 6.42 Å².